The molecule has 2 saturated heterocycles. The van der Waals surface area contributed by atoms with E-state index >= 15 is 8.78 Å². The van der Waals surface area contributed by atoms with Gasteiger partial charge in [0.05, 0.1) is 16.5 Å². The van der Waals surface area contributed by atoms with Crippen molar-refractivity contribution in [1.82, 2.24) is 14.9 Å². The van der Waals surface area contributed by atoms with Crippen LogP contribution < -0.4 is 9.47 Å². The quantitative estimate of drug-likeness (QED) is 0.227. The van der Waals surface area contributed by atoms with Crippen molar-refractivity contribution in [2.45, 2.75) is 50.5 Å². The Bertz CT molecular complexity index is 1730. The molecule has 0 bridgehead atoms. The number of phenols is 1. The van der Waals surface area contributed by atoms with E-state index in [2.05, 4.69) is 9.97 Å². The Balaban J connectivity index is 1.51. The summed E-state index contributed by atoms with van der Waals surface area (Å²) in [4.78, 5) is 9.90. The van der Waals surface area contributed by atoms with Crippen LogP contribution in [-0.4, -0.2) is 64.2 Å². The molecule has 43 heavy (non-hydrogen) atoms. The zero-order valence-corrected chi connectivity index (χ0v) is 22.9. The molecule has 2 aliphatic rings. The molecule has 3 aromatic carbocycles. The second-order valence-corrected chi connectivity index (χ2v) is 11.0. The molecule has 0 spiro atoms. The van der Waals surface area contributed by atoms with Gasteiger partial charge in [0.25, 0.3) is 0 Å². The minimum atomic E-state index is -4.79. The normalized spacial score (nSPS) is 20.7. The fraction of sp³-hybridized carbons (Fsp3) is 0.400. The average molecular weight is 610 g/mol. The van der Waals surface area contributed by atoms with Crippen LogP contribution in [0.1, 0.15) is 31.7 Å². The minimum Gasteiger partial charge on any atom is -0.508 e. The van der Waals surface area contributed by atoms with E-state index in [1.165, 1.54) is 18.2 Å². The van der Waals surface area contributed by atoms with Crippen molar-refractivity contribution in [1.29, 1.82) is 0 Å². The number of aryl methyl sites for hydroxylation is 1. The summed E-state index contributed by atoms with van der Waals surface area (Å²) in [6.07, 6.45) is -4.12. The first-order chi connectivity index (χ1) is 20.4. The van der Waals surface area contributed by atoms with E-state index in [4.69, 9.17) is 9.47 Å². The van der Waals surface area contributed by atoms with Crippen molar-refractivity contribution in [3.8, 4) is 28.8 Å². The number of phenolic OH excluding ortho intramolecular Hbond substituents is 1. The summed E-state index contributed by atoms with van der Waals surface area (Å²) in [5, 5.41) is 10.3. The molecular weight excluding hydrogens is 583 g/mol. The van der Waals surface area contributed by atoms with Crippen molar-refractivity contribution >= 4 is 21.7 Å². The zero-order valence-electron chi connectivity index (χ0n) is 22.9. The number of fused-ring (bicyclic) bond motifs is 3. The molecular formula is C30H26F7N3O3. The lowest BCUT2D eigenvalue weighted by Gasteiger charge is -2.30. The molecule has 0 amide bonds. The van der Waals surface area contributed by atoms with Crippen LogP contribution in [0.25, 0.3) is 32.8 Å². The summed E-state index contributed by atoms with van der Waals surface area (Å²) in [5.41, 5.74) is -1.99. The predicted octanol–water partition coefficient (Wildman–Crippen LogP) is 7.03. The number of hydrogen-bond acceptors (Lipinski definition) is 6. The lowest BCUT2D eigenvalue weighted by Crippen LogP contribution is -2.43. The van der Waals surface area contributed by atoms with Crippen LogP contribution in [0.15, 0.2) is 30.3 Å². The maximum atomic E-state index is 16.4. The van der Waals surface area contributed by atoms with Gasteiger partial charge in [-0.05, 0) is 72.0 Å². The van der Waals surface area contributed by atoms with Crippen molar-refractivity contribution in [2.24, 2.45) is 0 Å². The van der Waals surface area contributed by atoms with Crippen LogP contribution in [0, 0.1) is 17.5 Å². The molecule has 6 rings (SSSR count). The fourth-order valence-corrected chi connectivity index (χ4v) is 6.41. The molecule has 2 fully saturated rings. The number of alkyl halides is 4. The molecule has 1 N–H and O–H groups in total. The Hall–Kier alpha value is -3.87. The third kappa shape index (κ3) is 5.28. The molecule has 2 aliphatic heterocycles. The molecule has 0 radical (unpaired) electrons. The van der Waals surface area contributed by atoms with Crippen LogP contribution in [0.3, 0.4) is 0 Å². The van der Waals surface area contributed by atoms with E-state index in [1.54, 1.807) is 6.92 Å². The SMILES string of the molecule is CCc1c(F)ccc2cc(O)cc(-c3c(F)cc4c(OCC(F)(F)F)nc(OC[C@@]56CCCN5C[C@H](F)C6)nc4c3F)c12. The number of ether oxygens (including phenoxy) is 2. The second kappa shape index (κ2) is 10.7. The lowest BCUT2D eigenvalue weighted by atomic mass is 9.91. The summed E-state index contributed by atoms with van der Waals surface area (Å²) in [5.74, 6) is -4.26. The van der Waals surface area contributed by atoms with E-state index in [-0.39, 0.29) is 48.3 Å². The fourth-order valence-electron chi connectivity index (χ4n) is 6.41. The summed E-state index contributed by atoms with van der Waals surface area (Å²) >= 11 is 0. The number of aromatic nitrogens is 2. The molecule has 4 aromatic rings. The minimum absolute atomic E-state index is 0.107. The van der Waals surface area contributed by atoms with Gasteiger partial charge in [-0.3, -0.25) is 4.90 Å². The number of benzene rings is 3. The second-order valence-electron chi connectivity index (χ2n) is 11.0. The largest absolute Gasteiger partial charge is 0.508 e. The number of aromatic hydroxyl groups is 1. The van der Waals surface area contributed by atoms with Crippen LogP contribution in [0.4, 0.5) is 30.7 Å². The molecule has 228 valence electrons. The third-order valence-corrected chi connectivity index (χ3v) is 8.21. The summed E-state index contributed by atoms with van der Waals surface area (Å²) in [6.45, 7) is 0.614. The van der Waals surface area contributed by atoms with Gasteiger partial charge in [-0.25, -0.2) is 17.6 Å². The molecule has 6 nitrogen and oxygen atoms in total. The molecule has 0 aliphatic carbocycles. The van der Waals surface area contributed by atoms with Crippen molar-refractivity contribution < 1.29 is 45.3 Å². The monoisotopic (exact) mass is 609 g/mol. The number of halogens is 7. The Kier molecular flexibility index (Phi) is 7.26. The summed E-state index contributed by atoms with van der Waals surface area (Å²) < 4.78 is 111. The predicted molar refractivity (Wildman–Crippen MR) is 143 cm³/mol. The van der Waals surface area contributed by atoms with Gasteiger partial charge in [0.1, 0.15) is 35.7 Å². The highest BCUT2D eigenvalue weighted by Crippen LogP contribution is 2.43. The van der Waals surface area contributed by atoms with Crippen molar-refractivity contribution in [2.75, 3.05) is 26.3 Å². The number of nitrogens with zero attached hydrogens (tertiary/aromatic N) is 3. The zero-order chi connectivity index (χ0) is 30.7. The van der Waals surface area contributed by atoms with Gasteiger partial charge in [0, 0.05) is 13.0 Å². The van der Waals surface area contributed by atoms with E-state index < -0.39 is 70.3 Å². The van der Waals surface area contributed by atoms with Gasteiger partial charge in [0.15, 0.2) is 12.4 Å². The van der Waals surface area contributed by atoms with Crippen LogP contribution in [0.2, 0.25) is 0 Å². The van der Waals surface area contributed by atoms with Gasteiger partial charge in [0.2, 0.25) is 5.88 Å². The molecule has 0 saturated carbocycles. The van der Waals surface area contributed by atoms with Gasteiger partial charge in [-0.2, -0.15) is 23.1 Å². The number of rotatable bonds is 7. The van der Waals surface area contributed by atoms with Crippen molar-refractivity contribution in [3.05, 3.63) is 53.3 Å². The van der Waals surface area contributed by atoms with E-state index in [9.17, 15) is 27.1 Å². The summed E-state index contributed by atoms with van der Waals surface area (Å²) in [7, 11) is 0. The molecule has 3 heterocycles. The molecule has 0 unspecified atom stereocenters. The van der Waals surface area contributed by atoms with Gasteiger partial charge < -0.3 is 14.6 Å². The topological polar surface area (TPSA) is 67.7 Å². The molecule has 2 atom stereocenters. The van der Waals surface area contributed by atoms with Gasteiger partial charge in [-0.1, -0.05) is 13.0 Å². The van der Waals surface area contributed by atoms with Gasteiger partial charge >= 0.3 is 12.2 Å². The molecule has 13 heteroatoms. The van der Waals surface area contributed by atoms with Crippen LogP contribution in [0.5, 0.6) is 17.6 Å². The maximum absolute atomic E-state index is 16.4. The Morgan fingerprint density at radius 3 is 2.60 bits per heavy atom. The lowest BCUT2D eigenvalue weighted by molar-refractivity contribution is -0.153. The first-order valence-corrected chi connectivity index (χ1v) is 13.7. The van der Waals surface area contributed by atoms with Crippen LogP contribution in [-0.2, 0) is 6.42 Å². The highest BCUT2D eigenvalue weighted by molar-refractivity contribution is 6.02. The van der Waals surface area contributed by atoms with E-state index in [0.717, 1.165) is 18.6 Å². The third-order valence-electron chi connectivity index (χ3n) is 8.21. The Morgan fingerprint density at radius 1 is 1.07 bits per heavy atom. The van der Waals surface area contributed by atoms with E-state index in [0.29, 0.717) is 18.4 Å². The molecule has 1 aromatic heterocycles. The van der Waals surface area contributed by atoms with Gasteiger partial charge in [-0.15, -0.1) is 0 Å². The smallest absolute Gasteiger partial charge is 0.422 e. The Labute approximate surface area is 241 Å². The highest BCUT2D eigenvalue weighted by Gasteiger charge is 2.49. The Morgan fingerprint density at radius 2 is 1.86 bits per heavy atom. The van der Waals surface area contributed by atoms with E-state index in [1.807, 2.05) is 4.90 Å². The average Bonchev–Trinajstić information content (AvgIpc) is 3.46. The first kappa shape index (κ1) is 29.2. The first-order valence-electron chi connectivity index (χ1n) is 13.7. The van der Waals surface area contributed by atoms with Crippen LogP contribution >= 0.6 is 0 Å². The summed E-state index contributed by atoms with van der Waals surface area (Å²) in [6, 6.07) is 5.13. The highest BCUT2D eigenvalue weighted by atomic mass is 19.4. The number of hydrogen-bond donors (Lipinski definition) is 1. The standard InChI is InChI=1S/C30H26F7N3O3/c1-2-18-21(32)5-4-15-8-17(41)9-19(23(15)18)24-22(33)10-20-26(25(24)34)38-28(39-27(20)42-14-30(35,36)37)43-13-29-6-3-7-40(29)12-16(31)11-29/h4-5,8-10,16,41H,2-3,6-7,11-14H2,1H3/t16-,29+/m1/s1. The maximum Gasteiger partial charge on any atom is 0.422 e. The van der Waals surface area contributed by atoms with Crippen molar-refractivity contribution in [3.63, 3.8) is 0 Å².